The molecule has 1 amide bonds. The molecule has 0 spiro atoms. The maximum Gasteiger partial charge on any atom is 0.318 e. The van der Waals surface area contributed by atoms with E-state index in [2.05, 4.69) is 5.10 Å². The van der Waals surface area contributed by atoms with Gasteiger partial charge in [0, 0.05) is 24.1 Å². The molecule has 0 aromatic heterocycles. The van der Waals surface area contributed by atoms with E-state index in [0.29, 0.717) is 11.1 Å². The summed E-state index contributed by atoms with van der Waals surface area (Å²) >= 11 is 0. The van der Waals surface area contributed by atoms with Crippen LogP contribution in [-0.2, 0) is 9.53 Å². The number of nitro benzene ring substituents is 2. The predicted molar refractivity (Wildman–Crippen MR) is 116 cm³/mol. The van der Waals surface area contributed by atoms with Crippen LogP contribution < -0.4 is 4.74 Å². The van der Waals surface area contributed by atoms with Crippen molar-refractivity contribution in [3.05, 3.63) is 104 Å². The lowest BCUT2D eigenvalue weighted by atomic mass is 10.1. The molecular formula is C22H15FN4O7. The Bertz CT molecular complexity index is 1330. The summed E-state index contributed by atoms with van der Waals surface area (Å²) in [7, 11) is 0. The molecule has 0 N–H and O–H groups in total. The molecule has 1 heterocycles. The largest absolute Gasteiger partial charge is 0.450 e. The molecule has 0 saturated heterocycles. The van der Waals surface area contributed by atoms with Crippen molar-refractivity contribution in [3.8, 4) is 11.5 Å². The number of hydrogen-bond donors (Lipinski definition) is 0. The molecule has 11 nitrogen and oxygen atoms in total. The fraction of sp³-hybridized carbons (Fsp3) is 0.0909. The first-order valence-electron chi connectivity index (χ1n) is 9.74. The molecule has 34 heavy (non-hydrogen) atoms. The van der Waals surface area contributed by atoms with E-state index >= 15 is 0 Å². The zero-order valence-electron chi connectivity index (χ0n) is 17.5. The molecule has 3 aromatic rings. The highest BCUT2D eigenvalue weighted by molar-refractivity contribution is 5.96. The number of amides is 1. The molecular weight excluding hydrogens is 451 g/mol. The predicted octanol–water partition coefficient (Wildman–Crippen LogP) is 4.67. The van der Waals surface area contributed by atoms with Crippen LogP contribution in [0.1, 0.15) is 24.3 Å². The summed E-state index contributed by atoms with van der Waals surface area (Å²) in [6.45, 7) is 1.31. The second kappa shape index (κ2) is 8.94. The van der Waals surface area contributed by atoms with E-state index in [0.717, 1.165) is 23.2 Å². The fourth-order valence-corrected chi connectivity index (χ4v) is 3.20. The quantitative estimate of drug-likeness (QED) is 0.380. The number of carbonyl (C=O) groups excluding carboxylic acids is 1. The zero-order valence-corrected chi connectivity index (χ0v) is 17.5. The van der Waals surface area contributed by atoms with Crippen LogP contribution in [0.3, 0.4) is 0 Å². The monoisotopic (exact) mass is 466 g/mol. The normalized spacial score (nSPS) is 14.8. The Labute approximate surface area is 190 Å². The number of ether oxygens (including phenoxy) is 2. The molecule has 1 aliphatic heterocycles. The van der Waals surface area contributed by atoms with Crippen molar-refractivity contribution in [2.24, 2.45) is 5.10 Å². The smallest absolute Gasteiger partial charge is 0.318 e. The van der Waals surface area contributed by atoms with Crippen molar-refractivity contribution < 1.29 is 28.5 Å². The molecule has 1 atom stereocenters. The highest BCUT2D eigenvalue weighted by atomic mass is 19.1. The van der Waals surface area contributed by atoms with Crippen molar-refractivity contribution in [2.45, 2.75) is 13.2 Å². The van der Waals surface area contributed by atoms with Gasteiger partial charge in [0.1, 0.15) is 11.6 Å². The molecule has 172 valence electrons. The molecule has 0 fully saturated rings. The number of hydrazone groups is 1. The van der Waals surface area contributed by atoms with Gasteiger partial charge in [-0.05, 0) is 48.5 Å². The Morgan fingerprint density at radius 3 is 2.41 bits per heavy atom. The molecule has 0 radical (unpaired) electrons. The summed E-state index contributed by atoms with van der Waals surface area (Å²) in [6, 6.07) is 14.7. The first-order valence-corrected chi connectivity index (χ1v) is 9.74. The number of benzene rings is 3. The van der Waals surface area contributed by atoms with Crippen LogP contribution in [0.2, 0.25) is 0 Å². The van der Waals surface area contributed by atoms with E-state index in [-0.39, 0.29) is 17.4 Å². The van der Waals surface area contributed by atoms with Crippen LogP contribution in [0, 0.1) is 26.0 Å². The SMILES string of the molecule is CC(=O)N1N=C(c2cccc(F)c2)O[C@H]1c1ccc(Oc2ccc([N+](=O)[O-])cc2[N+](=O)[O-])cc1. The molecule has 3 aromatic carbocycles. The van der Waals surface area contributed by atoms with Gasteiger partial charge in [0.15, 0.2) is 0 Å². The molecule has 1 aliphatic rings. The van der Waals surface area contributed by atoms with Crippen LogP contribution in [-0.4, -0.2) is 26.7 Å². The number of nitro groups is 2. The highest BCUT2D eigenvalue weighted by Gasteiger charge is 2.33. The summed E-state index contributed by atoms with van der Waals surface area (Å²) in [5, 5.41) is 27.4. The fourth-order valence-electron chi connectivity index (χ4n) is 3.20. The Morgan fingerprint density at radius 1 is 1.06 bits per heavy atom. The Hall–Kier alpha value is -4.87. The van der Waals surface area contributed by atoms with Crippen molar-refractivity contribution in [1.29, 1.82) is 0 Å². The summed E-state index contributed by atoms with van der Waals surface area (Å²) in [5.74, 6) is -0.787. The third-order valence-electron chi connectivity index (χ3n) is 4.78. The second-order valence-electron chi connectivity index (χ2n) is 7.09. The van der Waals surface area contributed by atoms with Gasteiger partial charge in [-0.3, -0.25) is 25.0 Å². The van der Waals surface area contributed by atoms with Gasteiger partial charge in [-0.25, -0.2) is 4.39 Å². The maximum absolute atomic E-state index is 13.6. The number of halogens is 1. The molecule has 0 aliphatic carbocycles. The molecule has 0 unspecified atom stereocenters. The minimum Gasteiger partial charge on any atom is -0.450 e. The van der Waals surface area contributed by atoms with Crippen LogP contribution >= 0.6 is 0 Å². The van der Waals surface area contributed by atoms with Crippen molar-refractivity contribution in [3.63, 3.8) is 0 Å². The van der Waals surface area contributed by atoms with Gasteiger partial charge in [0.2, 0.25) is 23.8 Å². The molecule has 0 saturated carbocycles. The average Bonchev–Trinajstić information content (AvgIpc) is 3.25. The molecule has 0 bridgehead atoms. The third kappa shape index (κ3) is 4.50. The number of rotatable bonds is 6. The lowest BCUT2D eigenvalue weighted by Gasteiger charge is -2.19. The lowest BCUT2D eigenvalue weighted by Crippen LogP contribution is -2.25. The highest BCUT2D eigenvalue weighted by Crippen LogP contribution is 2.36. The first kappa shape index (κ1) is 22.3. The van der Waals surface area contributed by atoms with Gasteiger partial charge in [-0.2, -0.15) is 5.01 Å². The van der Waals surface area contributed by atoms with Gasteiger partial charge in [0.25, 0.3) is 5.69 Å². The Balaban J connectivity index is 1.56. The van der Waals surface area contributed by atoms with Gasteiger partial charge in [-0.1, -0.05) is 6.07 Å². The van der Waals surface area contributed by atoms with E-state index in [1.54, 1.807) is 18.2 Å². The van der Waals surface area contributed by atoms with Crippen molar-refractivity contribution in [2.75, 3.05) is 0 Å². The van der Waals surface area contributed by atoms with Crippen LogP contribution in [0.25, 0.3) is 0 Å². The van der Waals surface area contributed by atoms with Gasteiger partial charge < -0.3 is 9.47 Å². The maximum atomic E-state index is 13.6. The Morgan fingerprint density at radius 2 is 1.79 bits per heavy atom. The van der Waals surface area contributed by atoms with E-state index in [1.165, 1.54) is 37.3 Å². The van der Waals surface area contributed by atoms with E-state index in [4.69, 9.17) is 9.47 Å². The summed E-state index contributed by atoms with van der Waals surface area (Å²) in [4.78, 5) is 32.8. The van der Waals surface area contributed by atoms with Crippen molar-refractivity contribution in [1.82, 2.24) is 5.01 Å². The third-order valence-corrected chi connectivity index (χ3v) is 4.78. The molecule has 4 rings (SSSR count). The zero-order chi connectivity index (χ0) is 24.4. The lowest BCUT2D eigenvalue weighted by molar-refractivity contribution is -0.394. The number of carbonyl (C=O) groups is 1. The van der Waals surface area contributed by atoms with Crippen LogP contribution in [0.4, 0.5) is 15.8 Å². The minimum atomic E-state index is -0.918. The summed E-state index contributed by atoms with van der Waals surface area (Å²) < 4.78 is 24.9. The number of non-ortho nitro benzene ring substituents is 1. The number of nitrogens with zero attached hydrogens (tertiary/aromatic N) is 4. The van der Waals surface area contributed by atoms with Crippen molar-refractivity contribution >= 4 is 23.2 Å². The summed E-state index contributed by atoms with van der Waals surface area (Å²) in [5.41, 5.74) is -0.130. The average molecular weight is 466 g/mol. The van der Waals surface area contributed by atoms with E-state index in [9.17, 15) is 29.4 Å². The topological polar surface area (TPSA) is 137 Å². The second-order valence-corrected chi connectivity index (χ2v) is 7.09. The van der Waals surface area contributed by atoms with Crippen LogP contribution in [0.15, 0.2) is 71.8 Å². The van der Waals surface area contributed by atoms with E-state index < -0.39 is 39.2 Å². The molecule has 12 heteroatoms. The minimum absolute atomic E-state index is 0.0709. The standard InChI is InChI=1S/C22H15FN4O7/c1-13(28)25-22(34-21(24-25)15-3-2-4-16(23)11-15)14-5-8-18(9-6-14)33-20-10-7-17(26(29)30)12-19(20)27(31)32/h2-12,22H,1H3/t22-/m0/s1. The Kier molecular flexibility index (Phi) is 5.87. The van der Waals surface area contributed by atoms with Gasteiger partial charge in [0.05, 0.1) is 15.9 Å². The number of hydrogen-bond acceptors (Lipinski definition) is 8. The first-order chi connectivity index (χ1) is 16.2. The van der Waals surface area contributed by atoms with E-state index in [1.807, 2.05) is 0 Å². The van der Waals surface area contributed by atoms with Gasteiger partial charge >= 0.3 is 5.69 Å². The van der Waals surface area contributed by atoms with Crippen LogP contribution in [0.5, 0.6) is 11.5 Å². The summed E-state index contributed by atoms with van der Waals surface area (Å²) in [6.07, 6.45) is -0.918. The van der Waals surface area contributed by atoms with Gasteiger partial charge in [-0.15, -0.1) is 5.10 Å².